The molecule has 21 heavy (non-hydrogen) atoms. The fourth-order valence-electron chi connectivity index (χ4n) is 2.50. The highest BCUT2D eigenvalue weighted by atomic mass is 32.1. The molecule has 0 radical (unpaired) electrons. The summed E-state index contributed by atoms with van der Waals surface area (Å²) in [6.45, 7) is 4.34. The van der Waals surface area contributed by atoms with Crippen LogP contribution in [0.4, 0.5) is 0 Å². The summed E-state index contributed by atoms with van der Waals surface area (Å²) < 4.78 is 5.44. The minimum Gasteiger partial charge on any atom is -0.381 e. The number of rotatable bonds is 5. The monoisotopic (exact) mass is 310 g/mol. The van der Waals surface area contributed by atoms with E-state index in [2.05, 4.69) is 16.7 Å². The molecule has 5 nitrogen and oxygen atoms in total. The molecular formula is C15H22N2O3S. The second-order valence-electron chi connectivity index (χ2n) is 5.31. The molecule has 1 aliphatic heterocycles. The lowest BCUT2D eigenvalue weighted by molar-refractivity contribution is -0.139. The Labute approximate surface area is 129 Å². The van der Waals surface area contributed by atoms with Gasteiger partial charge < -0.3 is 15.4 Å². The van der Waals surface area contributed by atoms with E-state index in [9.17, 15) is 9.59 Å². The van der Waals surface area contributed by atoms with E-state index in [-0.39, 0.29) is 5.41 Å². The lowest BCUT2D eigenvalue weighted by Gasteiger charge is -2.36. The van der Waals surface area contributed by atoms with Crippen molar-refractivity contribution in [1.29, 1.82) is 0 Å². The first kappa shape index (κ1) is 16.0. The Morgan fingerprint density at radius 1 is 1.29 bits per heavy atom. The van der Waals surface area contributed by atoms with Gasteiger partial charge in [0.1, 0.15) is 0 Å². The highest BCUT2D eigenvalue weighted by Crippen LogP contribution is 2.36. The van der Waals surface area contributed by atoms with Crippen molar-refractivity contribution in [2.24, 2.45) is 0 Å². The minimum atomic E-state index is -0.551. The quantitative estimate of drug-likeness (QED) is 0.809. The molecule has 0 saturated carbocycles. The first-order valence-electron chi connectivity index (χ1n) is 7.36. The van der Waals surface area contributed by atoms with Crippen LogP contribution in [0.5, 0.6) is 0 Å². The smallest absolute Gasteiger partial charge is 0.309 e. The van der Waals surface area contributed by atoms with Crippen LogP contribution in [0.1, 0.15) is 31.1 Å². The minimum absolute atomic E-state index is 0.104. The van der Waals surface area contributed by atoms with Gasteiger partial charge in [-0.15, -0.1) is 11.3 Å². The van der Waals surface area contributed by atoms with Crippen LogP contribution in [0.3, 0.4) is 0 Å². The number of amides is 2. The summed E-state index contributed by atoms with van der Waals surface area (Å²) in [4.78, 5) is 24.7. The van der Waals surface area contributed by atoms with Gasteiger partial charge in [-0.3, -0.25) is 9.59 Å². The predicted octanol–water partition coefficient (Wildman–Crippen LogP) is 1.44. The average molecular weight is 310 g/mol. The zero-order valence-electron chi connectivity index (χ0n) is 12.3. The molecule has 0 spiro atoms. The second-order valence-corrected chi connectivity index (χ2v) is 6.26. The number of ether oxygens (including phenoxy) is 1. The lowest BCUT2D eigenvalue weighted by Crippen LogP contribution is -2.48. The number of thiophene rings is 1. The number of hydrogen-bond acceptors (Lipinski definition) is 4. The molecule has 0 aliphatic carbocycles. The largest absolute Gasteiger partial charge is 0.381 e. The van der Waals surface area contributed by atoms with Gasteiger partial charge in [-0.1, -0.05) is 13.0 Å². The van der Waals surface area contributed by atoms with E-state index in [1.54, 1.807) is 11.3 Å². The van der Waals surface area contributed by atoms with Gasteiger partial charge in [-0.05, 0) is 30.7 Å². The van der Waals surface area contributed by atoms with Crippen molar-refractivity contribution in [3.8, 4) is 0 Å². The number of carbonyl (C=O) groups excluding carboxylic acids is 2. The van der Waals surface area contributed by atoms with Crippen molar-refractivity contribution in [3.05, 3.63) is 22.4 Å². The van der Waals surface area contributed by atoms with Crippen LogP contribution in [0.15, 0.2) is 17.5 Å². The summed E-state index contributed by atoms with van der Waals surface area (Å²) >= 11 is 1.69. The summed E-state index contributed by atoms with van der Waals surface area (Å²) in [5, 5.41) is 7.43. The Morgan fingerprint density at radius 3 is 2.62 bits per heavy atom. The van der Waals surface area contributed by atoms with Gasteiger partial charge in [0.05, 0.1) is 0 Å². The molecular weight excluding hydrogens is 288 g/mol. The Balaban J connectivity index is 1.97. The Kier molecular flexibility index (Phi) is 5.76. The van der Waals surface area contributed by atoms with Crippen LogP contribution < -0.4 is 10.6 Å². The van der Waals surface area contributed by atoms with E-state index < -0.39 is 11.8 Å². The van der Waals surface area contributed by atoms with E-state index >= 15 is 0 Å². The molecule has 0 bridgehead atoms. The third kappa shape index (κ3) is 4.04. The van der Waals surface area contributed by atoms with Crippen LogP contribution >= 0.6 is 11.3 Å². The molecule has 0 atom stereocenters. The van der Waals surface area contributed by atoms with Gasteiger partial charge in [0.15, 0.2) is 0 Å². The van der Waals surface area contributed by atoms with Crippen LogP contribution in [0, 0.1) is 0 Å². The van der Waals surface area contributed by atoms with Crippen LogP contribution in [-0.2, 0) is 19.7 Å². The summed E-state index contributed by atoms with van der Waals surface area (Å²) in [6.07, 6.45) is 2.55. The Bertz CT molecular complexity index is 467. The summed E-state index contributed by atoms with van der Waals surface area (Å²) in [6, 6.07) is 4.12. The number of nitrogens with one attached hydrogen (secondary N) is 2. The third-order valence-corrected chi connectivity index (χ3v) is 4.94. The van der Waals surface area contributed by atoms with Crippen molar-refractivity contribution in [1.82, 2.24) is 10.6 Å². The van der Waals surface area contributed by atoms with E-state index in [4.69, 9.17) is 4.74 Å². The summed E-state index contributed by atoms with van der Waals surface area (Å²) in [7, 11) is 0. The molecule has 116 valence electrons. The maximum atomic E-state index is 11.9. The van der Waals surface area contributed by atoms with Crippen molar-refractivity contribution in [2.75, 3.05) is 26.3 Å². The molecule has 2 rings (SSSR count). The van der Waals surface area contributed by atoms with Crippen molar-refractivity contribution in [2.45, 2.75) is 31.6 Å². The molecule has 0 unspecified atom stereocenters. The van der Waals surface area contributed by atoms with E-state index in [0.29, 0.717) is 26.3 Å². The second kappa shape index (κ2) is 7.56. The number of carbonyl (C=O) groups is 2. The molecule has 2 heterocycles. The van der Waals surface area contributed by atoms with Gasteiger partial charge >= 0.3 is 11.8 Å². The molecule has 2 amide bonds. The van der Waals surface area contributed by atoms with Crippen molar-refractivity contribution >= 4 is 23.2 Å². The topological polar surface area (TPSA) is 67.4 Å². The summed E-state index contributed by atoms with van der Waals surface area (Å²) in [5.74, 6) is -1.10. The molecule has 1 aromatic rings. The fraction of sp³-hybridized carbons (Fsp3) is 0.600. The van der Waals surface area contributed by atoms with Gasteiger partial charge in [-0.25, -0.2) is 0 Å². The first-order chi connectivity index (χ1) is 10.2. The SMILES string of the molecule is CCCNC(=O)C(=O)NCC1(c2cccs2)CCOCC1. The molecule has 2 N–H and O–H groups in total. The van der Waals surface area contributed by atoms with Gasteiger partial charge in [0, 0.05) is 36.6 Å². The molecule has 1 aromatic heterocycles. The highest BCUT2D eigenvalue weighted by Gasteiger charge is 2.36. The van der Waals surface area contributed by atoms with E-state index in [0.717, 1.165) is 19.3 Å². The van der Waals surface area contributed by atoms with Gasteiger partial charge in [0.25, 0.3) is 0 Å². The fourth-order valence-corrected chi connectivity index (χ4v) is 3.49. The van der Waals surface area contributed by atoms with Gasteiger partial charge in [-0.2, -0.15) is 0 Å². The van der Waals surface area contributed by atoms with Gasteiger partial charge in [0.2, 0.25) is 0 Å². The van der Waals surface area contributed by atoms with E-state index in [1.165, 1.54) is 4.88 Å². The predicted molar refractivity (Wildman–Crippen MR) is 82.4 cm³/mol. The van der Waals surface area contributed by atoms with E-state index in [1.807, 2.05) is 18.4 Å². The Morgan fingerprint density at radius 2 is 2.00 bits per heavy atom. The summed E-state index contributed by atoms with van der Waals surface area (Å²) in [5.41, 5.74) is -0.104. The molecule has 1 fully saturated rings. The van der Waals surface area contributed by atoms with Crippen LogP contribution in [-0.4, -0.2) is 38.1 Å². The van der Waals surface area contributed by atoms with Crippen LogP contribution in [0.2, 0.25) is 0 Å². The average Bonchev–Trinajstić information content (AvgIpc) is 3.06. The molecule has 6 heteroatoms. The Hall–Kier alpha value is -1.40. The normalized spacial score (nSPS) is 17.2. The van der Waals surface area contributed by atoms with Crippen molar-refractivity contribution < 1.29 is 14.3 Å². The highest BCUT2D eigenvalue weighted by molar-refractivity contribution is 7.10. The molecule has 1 aliphatic rings. The number of hydrogen-bond donors (Lipinski definition) is 2. The van der Waals surface area contributed by atoms with Crippen molar-refractivity contribution in [3.63, 3.8) is 0 Å². The first-order valence-corrected chi connectivity index (χ1v) is 8.24. The molecule has 1 saturated heterocycles. The van der Waals surface area contributed by atoms with Crippen LogP contribution in [0.25, 0.3) is 0 Å². The molecule has 0 aromatic carbocycles. The zero-order valence-corrected chi connectivity index (χ0v) is 13.1. The standard InChI is InChI=1S/C15H22N2O3S/c1-2-7-16-13(18)14(19)17-11-15(5-8-20-9-6-15)12-4-3-10-21-12/h3-4,10H,2,5-9,11H2,1H3,(H,16,18)(H,17,19). The third-order valence-electron chi connectivity index (χ3n) is 3.82. The maximum absolute atomic E-state index is 11.9. The maximum Gasteiger partial charge on any atom is 0.309 e. The lowest BCUT2D eigenvalue weighted by atomic mass is 9.78. The zero-order chi connectivity index (χ0) is 15.1.